The van der Waals surface area contributed by atoms with E-state index in [9.17, 15) is 4.39 Å². The third-order valence-electron chi connectivity index (χ3n) is 3.96. The minimum absolute atomic E-state index is 0.174. The molecule has 2 unspecified atom stereocenters. The van der Waals surface area contributed by atoms with Crippen molar-refractivity contribution in [3.8, 4) is 0 Å². The van der Waals surface area contributed by atoms with Crippen LogP contribution in [0, 0.1) is 11.7 Å². The Balaban J connectivity index is 1.87. The van der Waals surface area contributed by atoms with Gasteiger partial charge in [-0.1, -0.05) is 35.3 Å². The summed E-state index contributed by atoms with van der Waals surface area (Å²) in [5.74, 6) is 0.709. The summed E-state index contributed by atoms with van der Waals surface area (Å²) in [6.07, 6.45) is 6.04. The largest absolute Gasteiger partial charge is 0.314 e. The Morgan fingerprint density at radius 2 is 2.28 bits per heavy atom. The van der Waals surface area contributed by atoms with E-state index in [1.54, 1.807) is 12.1 Å². The maximum atomic E-state index is 13.0. The van der Waals surface area contributed by atoms with Crippen LogP contribution in [0.3, 0.4) is 0 Å². The fraction of sp³-hybridized carbons (Fsp3) is 0.600. The highest BCUT2D eigenvalue weighted by atomic mass is 79.9. The van der Waals surface area contributed by atoms with Gasteiger partial charge in [0.25, 0.3) is 0 Å². The highest BCUT2D eigenvalue weighted by molar-refractivity contribution is 9.10. The first-order chi connectivity index (χ1) is 8.69. The van der Waals surface area contributed by atoms with Crippen LogP contribution in [0.15, 0.2) is 22.7 Å². The van der Waals surface area contributed by atoms with Crippen molar-refractivity contribution in [1.82, 2.24) is 5.32 Å². The van der Waals surface area contributed by atoms with Crippen LogP contribution >= 0.6 is 15.9 Å². The quantitative estimate of drug-likeness (QED) is 0.874. The summed E-state index contributed by atoms with van der Waals surface area (Å²) in [7, 11) is 0. The van der Waals surface area contributed by atoms with Gasteiger partial charge in [0.05, 0.1) is 0 Å². The Kier molecular flexibility index (Phi) is 5.19. The molecule has 0 amide bonds. The summed E-state index contributed by atoms with van der Waals surface area (Å²) in [5.41, 5.74) is 1.21. The highest BCUT2D eigenvalue weighted by Gasteiger charge is 2.19. The summed E-state index contributed by atoms with van der Waals surface area (Å²) in [6, 6.07) is 5.61. The van der Waals surface area contributed by atoms with Gasteiger partial charge in [0, 0.05) is 10.5 Å². The van der Waals surface area contributed by atoms with Gasteiger partial charge in [-0.25, -0.2) is 4.39 Å². The molecule has 1 aliphatic rings. The van der Waals surface area contributed by atoms with Gasteiger partial charge in [-0.05, 0) is 55.8 Å². The summed E-state index contributed by atoms with van der Waals surface area (Å²) in [5, 5.41) is 3.60. The molecule has 0 aliphatic carbocycles. The average molecular weight is 314 g/mol. The maximum absolute atomic E-state index is 13.0. The third kappa shape index (κ3) is 3.79. The lowest BCUT2D eigenvalue weighted by molar-refractivity contribution is 0.285. The highest BCUT2D eigenvalue weighted by Crippen LogP contribution is 2.24. The van der Waals surface area contributed by atoms with Crippen molar-refractivity contribution in [2.24, 2.45) is 5.92 Å². The molecule has 1 nitrogen and oxygen atoms in total. The number of rotatable bonds is 4. The molecule has 1 heterocycles. The second-order valence-electron chi connectivity index (χ2n) is 5.22. The van der Waals surface area contributed by atoms with Crippen LogP contribution in [0.5, 0.6) is 0 Å². The van der Waals surface area contributed by atoms with E-state index in [0.29, 0.717) is 6.04 Å². The van der Waals surface area contributed by atoms with Crippen LogP contribution in [0.25, 0.3) is 0 Å². The van der Waals surface area contributed by atoms with E-state index in [-0.39, 0.29) is 5.82 Å². The summed E-state index contributed by atoms with van der Waals surface area (Å²) in [4.78, 5) is 0. The van der Waals surface area contributed by atoms with Gasteiger partial charge in [0.15, 0.2) is 0 Å². The lowest BCUT2D eigenvalue weighted by atomic mass is 9.88. The first kappa shape index (κ1) is 14.0. The van der Waals surface area contributed by atoms with Crippen LogP contribution in [0.1, 0.15) is 38.2 Å². The van der Waals surface area contributed by atoms with E-state index in [2.05, 4.69) is 28.2 Å². The maximum Gasteiger partial charge on any atom is 0.124 e. The molecule has 1 aromatic carbocycles. The van der Waals surface area contributed by atoms with Crippen LogP contribution < -0.4 is 5.32 Å². The van der Waals surface area contributed by atoms with Gasteiger partial charge in [-0.3, -0.25) is 0 Å². The van der Waals surface area contributed by atoms with Crippen LogP contribution in [0.4, 0.5) is 4.39 Å². The zero-order chi connectivity index (χ0) is 13.0. The van der Waals surface area contributed by atoms with Gasteiger partial charge in [0.1, 0.15) is 5.82 Å². The number of halogens is 2. The van der Waals surface area contributed by atoms with E-state index < -0.39 is 0 Å². The van der Waals surface area contributed by atoms with Crippen LogP contribution in [-0.2, 0) is 6.42 Å². The number of hydrogen-bond acceptors (Lipinski definition) is 1. The first-order valence-electron chi connectivity index (χ1n) is 6.86. The molecule has 2 rings (SSSR count). The molecule has 2 atom stereocenters. The number of aryl methyl sites for hydroxylation is 1. The molecule has 0 spiro atoms. The molecule has 0 saturated carbocycles. The van der Waals surface area contributed by atoms with Crippen molar-refractivity contribution < 1.29 is 4.39 Å². The van der Waals surface area contributed by atoms with Crippen LogP contribution in [-0.4, -0.2) is 12.6 Å². The summed E-state index contributed by atoms with van der Waals surface area (Å²) in [6.45, 7) is 3.43. The molecule has 1 N–H and O–H groups in total. The molecule has 1 aliphatic heterocycles. The van der Waals surface area contributed by atoms with E-state index in [0.717, 1.165) is 29.8 Å². The van der Waals surface area contributed by atoms with Crippen molar-refractivity contribution in [2.45, 2.75) is 45.1 Å². The minimum atomic E-state index is -0.174. The number of nitrogens with one attached hydrogen (secondary N) is 1. The first-order valence-corrected chi connectivity index (χ1v) is 7.65. The van der Waals surface area contributed by atoms with E-state index in [4.69, 9.17) is 0 Å². The molecule has 1 saturated heterocycles. The van der Waals surface area contributed by atoms with Crippen molar-refractivity contribution >= 4 is 15.9 Å². The lowest BCUT2D eigenvalue weighted by Gasteiger charge is -2.29. The molecular formula is C15H21BrFN. The molecule has 0 radical (unpaired) electrons. The van der Waals surface area contributed by atoms with Gasteiger partial charge in [-0.15, -0.1) is 0 Å². The molecule has 100 valence electrons. The van der Waals surface area contributed by atoms with Gasteiger partial charge < -0.3 is 5.32 Å². The van der Waals surface area contributed by atoms with Gasteiger partial charge >= 0.3 is 0 Å². The normalized spacial score (nSPS) is 24.2. The summed E-state index contributed by atoms with van der Waals surface area (Å²) >= 11 is 3.44. The number of benzene rings is 1. The molecular weight excluding hydrogens is 293 g/mol. The molecule has 3 heteroatoms. The van der Waals surface area contributed by atoms with Crippen molar-refractivity contribution in [2.75, 3.05) is 6.54 Å². The average Bonchev–Trinajstić information content (AvgIpc) is 2.38. The van der Waals surface area contributed by atoms with E-state index in [1.165, 1.54) is 24.8 Å². The fourth-order valence-electron chi connectivity index (χ4n) is 2.74. The zero-order valence-corrected chi connectivity index (χ0v) is 12.5. The number of piperidine rings is 1. The third-order valence-corrected chi connectivity index (χ3v) is 4.70. The Hall–Kier alpha value is -0.410. The number of hydrogen-bond donors (Lipinski definition) is 1. The van der Waals surface area contributed by atoms with E-state index >= 15 is 0 Å². The SMILES string of the molecule is CCC1CCNC(CCc2ccc(F)cc2Br)C1. The Bertz CT molecular complexity index is 394. The smallest absolute Gasteiger partial charge is 0.124 e. The van der Waals surface area contributed by atoms with Gasteiger partial charge in [-0.2, -0.15) is 0 Å². The molecule has 1 fully saturated rings. The summed E-state index contributed by atoms with van der Waals surface area (Å²) < 4.78 is 13.9. The van der Waals surface area contributed by atoms with E-state index in [1.807, 2.05) is 6.07 Å². The standard InChI is InChI=1S/C15H21BrFN/c1-2-11-7-8-18-14(9-11)6-4-12-3-5-13(17)10-15(12)16/h3,5,10-11,14,18H,2,4,6-9H2,1H3. The molecule has 1 aromatic rings. The Morgan fingerprint density at radius 1 is 1.44 bits per heavy atom. The lowest BCUT2D eigenvalue weighted by Crippen LogP contribution is -2.38. The Morgan fingerprint density at radius 3 is 3.00 bits per heavy atom. The topological polar surface area (TPSA) is 12.0 Å². The van der Waals surface area contributed by atoms with Gasteiger partial charge in [0.2, 0.25) is 0 Å². The predicted molar refractivity (Wildman–Crippen MR) is 77.2 cm³/mol. The monoisotopic (exact) mass is 313 g/mol. The predicted octanol–water partition coefficient (Wildman–Crippen LogP) is 4.30. The molecule has 18 heavy (non-hydrogen) atoms. The second-order valence-corrected chi connectivity index (χ2v) is 6.08. The zero-order valence-electron chi connectivity index (χ0n) is 10.9. The van der Waals surface area contributed by atoms with Crippen molar-refractivity contribution in [1.29, 1.82) is 0 Å². The van der Waals surface area contributed by atoms with Crippen molar-refractivity contribution in [3.05, 3.63) is 34.1 Å². The Labute approximate surface area is 117 Å². The second kappa shape index (κ2) is 6.67. The molecule has 0 aromatic heterocycles. The minimum Gasteiger partial charge on any atom is -0.314 e. The van der Waals surface area contributed by atoms with Crippen LogP contribution in [0.2, 0.25) is 0 Å². The van der Waals surface area contributed by atoms with Crippen molar-refractivity contribution in [3.63, 3.8) is 0 Å². The fourth-order valence-corrected chi connectivity index (χ4v) is 3.29. The molecule has 0 bridgehead atoms.